The largest absolute Gasteiger partial charge is 0.477 e. The van der Waals surface area contributed by atoms with Gasteiger partial charge in [0.1, 0.15) is 0 Å². The van der Waals surface area contributed by atoms with Gasteiger partial charge in [-0.05, 0) is 18.1 Å². The lowest BCUT2D eigenvalue weighted by molar-refractivity contribution is -0.385. The van der Waals surface area contributed by atoms with Gasteiger partial charge in [-0.25, -0.2) is 0 Å². The number of nitro groups is 1. The van der Waals surface area contributed by atoms with E-state index in [1.54, 1.807) is 6.07 Å². The number of nitro benzene ring substituents is 1. The molecule has 4 rings (SSSR count). The average molecular weight is 395 g/mol. The molecule has 1 N–H and O–H groups in total. The maximum Gasteiger partial charge on any atom is 0.310 e. The number of nitrogens with zero attached hydrogens (tertiary/aromatic N) is 2. The van der Waals surface area contributed by atoms with E-state index < -0.39 is 10.8 Å². The molecule has 1 aliphatic heterocycles. The lowest BCUT2D eigenvalue weighted by atomic mass is 10.1. The van der Waals surface area contributed by atoms with Crippen LogP contribution >= 0.6 is 0 Å². The zero-order valence-corrected chi connectivity index (χ0v) is 15.7. The number of carbonyl (C=O) groups is 2. The molecule has 8 heteroatoms. The Hall–Kier alpha value is -3.42. The molecule has 0 aromatic heterocycles. The molecule has 29 heavy (non-hydrogen) atoms. The average Bonchev–Trinajstić information content (AvgIpc) is 3.43. The van der Waals surface area contributed by atoms with Crippen LogP contribution in [-0.4, -0.2) is 46.9 Å². The Labute approximate surface area is 167 Å². The highest BCUT2D eigenvalue weighted by atomic mass is 16.6. The van der Waals surface area contributed by atoms with Crippen LogP contribution in [0.5, 0.6) is 5.75 Å². The summed E-state index contributed by atoms with van der Waals surface area (Å²) in [5.41, 5.74) is 1.04. The first-order valence-electron chi connectivity index (χ1n) is 9.53. The molecule has 1 saturated carbocycles. The molecule has 1 aliphatic carbocycles. The number of nitrogens with one attached hydrogen (secondary N) is 1. The van der Waals surface area contributed by atoms with E-state index in [2.05, 4.69) is 17.4 Å². The van der Waals surface area contributed by atoms with E-state index in [4.69, 9.17) is 4.74 Å². The highest BCUT2D eigenvalue weighted by molar-refractivity contribution is 5.83. The van der Waals surface area contributed by atoms with E-state index in [1.165, 1.54) is 23.8 Å². The van der Waals surface area contributed by atoms with Crippen LogP contribution in [0, 0.1) is 10.1 Å². The van der Waals surface area contributed by atoms with Gasteiger partial charge in [0.25, 0.3) is 5.91 Å². The van der Waals surface area contributed by atoms with Crippen molar-refractivity contribution >= 4 is 17.5 Å². The standard InChI is InChI=1S/C21H21N3O5/c25-20(13-29-19-9-5-4-8-17(19)24(27)28)22-15-10-21(26)23(12-15)18-11-16(18)14-6-2-1-3-7-14/h1-9,15-16,18H,10-13H2,(H,22,25)/t15-,16+,18+/m1/s1. The van der Waals surface area contributed by atoms with Crippen LogP contribution in [0.25, 0.3) is 0 Å². The molecule has 0 bridgehead atoms. The lowest BCUT2D eigenvalue weighted by Crippen LogP contribution is -2.40. The zero-order chi connectivity index (χ0) is 20.4. The lowest BCUT2D eigenvalue weighted by Gasteiger charge is -2.17. The molecular formula is C21H21N3O5. The molecule has 2 aliphatic rings. The summed E-state index contributed by atoms with van der Waals surface area (Å²) in [5, 5.41) is 13.8. The summed E-state index contributed by atoms with van der Waals surface area (Å²) in [6.07, 6.45) is 1.20. The number of benzene rings is 2. The second-order valence-electron chi connectivity index (χ2n) is 7.35. The molecule has 1 heterocycles. The molecule has 1 saturated heterocycles. The SMILES string of the molecule is O=C(COc1ccccc1[N+](=O)[O-])N[C@@H]1CC(=O)N([C@H]2C[C@H]2c2ccccc2)C1. The van der Waals surface area contributed by atoms with Gasteiger partial charge in [0.2, 0.25) is 5.91 Å². The quantitative estimate of drug-likeness (QED) is 0.572. The smallest absolute Gasteiger partial charge is 0.310 e. The molecular weight excluding hydrogens is 374 g/mol. The normalized spacial score (nSPS) is 23.0. The number of amides is 2. The molecule has 2 fully saturated rings. The molecule has 150 valence electrons. The van der Waals surface area contributed by atoms with E-state index in [0.717, 1.165) is 6.42 Å². The van der Waals surface area contributed by atoms with Crippen molar-refractivity contribution in [3.05, 3.63) is 70.3 Å². The van der Waals surface area contributed by atoms with Crippen molar-refractivity contribution in [2.24, 2.45) is 0 Å². The van der Waals surface area contributed by atoms with Crippen molar-refractivity contribution < 1.29 is 19.2 Å². The molecule has 0 radical (unpaired) electrons. The first-order valence-corrected chi connectivity index (χ1v) is 9.53. The summed E-state index contributed by atoms with van der Waals surface area (Å²) in [5.74, 6) is 0.0357. The van der Waals surface area contributed by atoms with Gasteiger partial charge < -0.3 is 15.0 Å². The van der Waals surface area contributed by atoms with Crippen molar-refractivity contribution in [3.63, 3.8) is 0 Å². The predicted molar refractivity (Wildman–Crippen MR) is 104 cm³/mol. The highest BCUT2D eigenvalue weighted by Crippen LogP contribution is 2.45. The third-order valence-corrected chi connectivity index (χ3v) is 5.33. The van der Waals surface area contributed by atoms with Crippen LogP contribution in [0.3, 0.4) is 0 Å². The number of hydrogen-bond donors (Lipinski definition) is 1. The number of likely N-dealkylation sites (tertiary alicyclic amines) is 1. The number of ether oxygens (including phenoxy) is 1. The maximum absolute atomic E-state index is 12.4. The Morgan fingerprint density at radius 2 is 1.90 bits per heavy atom. The molecule has 2 aromatic carbocycles. The van der Waals surface area contributed by atoms with Gasteiger partial charge in [-0.2, -0.15) is 0 Å². The fraction of sp³-hybridized carbons (Fsp3) is 0.333. The Balaban J connectivity index is 1.28. The minimum absolute atomic E-state index is 0.0401. The van der Waals surface area contributed by atoms with Crippen molar-refractivity contribution in [3.8, 4) is 5.75 Å². The van der Waals surface area contributed by atoms with E-state index in [0.29, 0.717) is 12.5 Å². The Kier molecular flexibility index (Phi) is 5.16. The molecule has 0 unspecified atom stereocenters. The van der Waals surface area contributed by atoms with E-state index in [9.17, 15) is 19.7 Å². The topological polar surface area (TPSA) is 102 Å². The maximum atomic E-state index is 12.4. The summed E-state index contributed by atoms with van der Waals surface area (Å²) >= 11 is 0. The first kappa shape index (κ1) is 18.9. The summed E-state index contributed by atoms with van der Waals surface area (Å²) in [6.45, 7) is 0.135. The van der Waals surface area contributed by atoms with Crippen molar-refractivity contribution in [1.82, 2.24) is 10.2 Å². The third-order valence-electron chi connectivity index (χ3n) is 5.33. The van der Waals surface area contributed by atoms with Gasteiger partial charge >= 0.3 is 5.69 Å². The fourth-order valence-corrected chi connectivity index (χ4v) is 3.88. The second-order valence-corrected chi connectivity index (χ2v) is 7.35. The minimum Gasteiger partial charge on any atom is -0.477 e. The molecule has 8 nitrogen and oxygen atoms in total. The third kappa shape index (κ3) is 4.21. The van der Waals surface area contributed by atoms with Gasteiger partial charge in [0.05, 0.1) is 11.0 Å². The predicted octanol–water partition coefficient (Wildman–Crippen LogP) is 2.25. The zero-order valence-electron chi connectivity index (χ0n) is 15.7. The molecule has 2 aromatic rings. The Morgan fingerprint density at radius 1 is 1.17 bits per heavy atom. The van der Waals surface area contributed by atoms with Crippen molar-refractivity contribution in [2.45, 2.75) is 30.8 Å². The molecule has 3 atom stereocenters. The molecule has 0 spiro atoms. The van der Waals surface area contributed by atoms with Gasteiger partial charge in [0.15, 0.2) is 12.4 Å². The van der Waals surface area contributed by atoms with Crippen LogP contribution in [-0.2, 0) is 9.59 Å². The van der Waals surface area contributed by atoms with Crippen LogP contribution < -0.4 is 10.1 Å². The van der Waals surface area contributed by atoms with E-state index >= 15 is 0 Å². The van der Waals surface area contributed by atoms with Crippen molar-refractivity contribution in [2.75, 3.05) is 13.2 Å². The number of hydrogen-bond acceptors (Lipinski definition) is 5. The number of rotatable bonds is 7. The fourth-order valence-electron chi connectivity index (χ4n) is 3.88. The minimum atomic E-state index is -0.556. The Bertz CT molecular complexity index is 933. The number of para-hydroxylation sites is 2. The van der Waals surface area contributed by atoms with Crippen LogP contribution in [0.2, 0.25) is 0 Å². The second kappa shape index (κ2) is 7.90. The van der Waals surface area contributed by atoms with Gasteiger partial charge in [0, 0.05) is 31.0 Å². The van der Waals surface area contributed by atoms with Crippen LogP contribution in [0.1, 0.15) is 24.3 Å². The summed E-state index contributed by atoms with van der Waals surface area (Å²) in [4.78, 5) is 36.9. The van der Waals surface area contributed by atoms with Crippen LogP contribution in [0.4, 0.5) is 5.69 Å². The van der Waals surface area contributed by atoms with Gasteiger partial charge in [-0.3, -0.25) is 19.7 Å². The van der Waals surface area contributed by atoms with Crippen molar-refractivity contribution in [1.29, 1.82) is 0 Å². The molecule has 2 amide bonds. The van der Waals surface area contributed by atoms with Gasteiger partial charge in [-0.1, -0.05) is 42.5 Å². The summed E-state index contributed by atoms with van der Waals surface area (Å²) in [6, 6.07) is 15.9. The first-order chi connectivity index (χ1) is 14.0. The highest BCUT2D eigenvalue weighted by Gasteiger charge is 2.47. The van der Waals surface area contributed by atoms with Crippen LogP contribution in [0.15, 0.2) is 54.6 Å². The number of carbonyl (C=O) groups excluding carboxylic acids is 2. The Morgan fingerprint density at radius 3 is 2.66 bits per heavy atom. The summed E-state index contributed by atoms with van der Waals surface area (Å²) < 4.78 is 5.31. The van der Waals surface area contributed by atoms with Gasteiger partial charge in [-0.15, -0.1) is 0 Å². The van der Waals surface area contributed by atoms with E-state index in [1.807, 2.05) is 23.1 Å². The van der Waals surface area contributed by atoms with E-state index in [-0.39, 0.29) is 42.5 Å². The monoisotopic (exact) mass is 395 g/mol. The summed E-state index contributed by atoms with van der Waals surface area (Å²) in [7, 11) is 0.